The van der Waals surface area contributed by atoms with Gasteiger partial charge < -0.3 is 10.6 Å². The van der Waals surface area contributed by atoms with Gasteiger partial charge in [0.1, 0.15) is 5.70 Å². The largest absolute Gasteiger partial charge is 0.350 e. The molecule has 0 atom stereocenters. The first-order chi connectivity index (χ1) is 15.3. The second-order valence-electron chi connectivity index (χ2n) is 7.04. The van der Waals surface area contributed by atoms with Gasteiger partial charge in [-0.3, -0.25) is 14.4 Å². The van der Waals surface area contributed by atoms with Gasteiger partial charge in [-0.25, -0.2) is 13.7 Å². The van der Waals surface area contributed by atoms with Gasteiger partial charge in [0.15, 0.2) is 11.6 Å². The van der Waals surface area contributed by atoms with Gasteiger partial charge in [-0.1, -0.05) is 30.3 Å². The number of halogens is 2. The van der Waals surface area contributed by atoms with E-state index < -0.39 is 23.4 Å². The van der Waals surface area contributed by atoms with Gasteiger partial charge in [-0.2, -0.15) is 0 Å². The molecule has 0 saturated heterocycles. The van der Waals surface area contributed by atoms with Crippen LogP contribution in [-0.2, 0) is 14.4 Å². The van der Waals surface area contributed by atoms with E-state index in [1.807, 2.05) is 0 Å². The lowest BCUT2D eigenvalue weighted by atomic mass is 10.0. The normalized spacial score (nSPS) is 13.5. The van der Waals surface area contributed by atoms with Crippen molar-refractivity contribution in [2.45, 2.75) is 6.92 Å². The highest BCUT2D eigenvalue weighted by Crippen LogP contribution is 2.34. The van der Waals surface area contributed by atoms with Crippen molar-refractivity contribution in [1.82, 2.24) is 0 Å². The molecule has 0 unspecified atom stereocenters. The molecule has 0 spiro atoms. The van der Waals surface area contributed by atoms with Crippen molar-refractivity contribution >= 4 is 40.4 Å². The molecular formula is C24H17F2N3O3. The molecule has 1 heterocycles. The molecule has 3 amide bonds. The van der Waals surface area contributed by atoms with E-state index in [1.54, 1.807) is 54.6 Å². The molecule has 32 heavy (non-hydrogen) atoms. The van der Waals surface area contributed by atoms with Crippen LogP contribution in [-0.4, -0.2) is 17.7 Å². The highest BCUT2D eigenvalue weighted by atomic mass is 19.2. The van der Waals surface area contributed by atoms with Gasteiger partial charge in [-0.05, 0) is 42.0 Å². The van der Waals surface area contributed by atoms with Crippen LogP contribution in [0.2, 0.25) is 0 Å². The van der Waals surface area contributed by atoms with Crippen LogP contribution in [0.4, 0.5) is 25.8 Å². The summed E-state index contributed by atoms with van der Waals surface area (Å²) in [6, 6.07) is 17.9. The average molecular weight is 433 g/mol. The third kappa shape index (κ3) is 3.98. The predicted molar refractivity (Wildman–Crippen MR) is 117 cm³/mol. The number of hydrogen-bond acceptors (Lipinski definition) is 4. The molecule has 3 aromatic rings. The Kier molecular flexibility index (Phi) is 5.51. The summed E-state index contributed by atoms with van der Waals surface area (Å²) >= 11 is 0. The molecule has 0 aliphatic carbocycles. The molecule has 0 saturated carbocycles. The summed E-state index contributed by atoms with van der Waals surface area (Å²) in [6.07, 6.45) is 0. The van der Waals surface area contributed by atoms with Crippen LogP contribution in [0.3, 0.4) is 0 Å². The van der Waals surface area contributed by atoms with Gasteiger partial charge >= 0.3 is 0 Å². The van der Waals surface area contributed by atoms with Crippen molar-refractivity contribution in [3.05, 3.63) is 95.7 Å². The van der Waals surface area contributed by atoms with E-state index in [0.29, 0.717) is 16.9 Å². The van der Waals surface area contributed by atoms with E-state index >= 15 is 0 Å². The third-order valence-corrected chi connectivity index (χ3v) is 4.78. The Bertz CT molecular complexity index is 1260. The number of carbonyl (C=O) groups excluding carboxylic acids is 3. The van der Waals surface area contributed by atoms with Crippen molar-refractivity contribution in [1.29, 1.82) is 0 Å². The van der Waals surface area contributed by atoms with E-state index in [4.69, 9.17) is 0 Å². The van der Waals surface area contributed by atoms with E-state index in [9.17, 15) is 23.2 Å². The van der Waals surface area contributed by atoms with Gasteiger partial charge in [0.25, 0.3) is 11.8 Å². The minimum absolute atomic E-state index is 0.0676. The quantitative estimate of drug-likeness (QED) is 0.588. The first kappa shape index (κ1) is 20.9. The number of imide groups is 1. The third-order valence-electron chi connectivity index (χ3n) is 4.78. The number of rotatable bonds is 5. The number of nitrogens with one attached hydrogen (secondary N) is 2. The number of anilines is 3. The smallest absolute Gasteiger partial charge is 0.282 e. The van der Waals surface area contributed by atoms with E-state index in [-0.39, 0.29) is 22.9 Å². The molecule has 1 aliphatic heterocycles. The summed E-state index contributed by atoms with van der Waals surface area (Å²) in [7, 11) is 0. The summed E-state index contributed by atoms with van der Waals surface area (Å²) in [6.45, 7) is 1.37. The van der Waals surface area contributed by atoms with E-state index in [1.165, 1.54) is 13.0 Å². The number of benzene rings is 3. The number of nitrogens with zero attached hydrogens (tertiary/aromatic N) is 1. The maximum absolute atomic E-state index is 13.7. The SMILES string of the molecule is CC(=O)Nc1ccc(C2=C(Nc3ccc(F)c(F)c3)C(=O)N(c3ccccc3)C2=O)cc1. The van der Waals surface area contributed by atoms with E-state index in [0.717, 1.165) is 17.0 Å². The monoisotopic (exact) mass is 433 g/mol. The molecule has 2 N–H and O–H groups in total. The zero-order valence-electron chi connectivity index (χ0n) is 16.9. The van der Waals surface area contributed by atoms with Crippen molar-refractivity contribution in [2.75, 3.05) is 15.5 Å². The molecule has 0 bridgehead atoms. The standard InChI is InChI=1S/C24H17F2N3O3/c1-14(30)27-16-9-7-15(8-10-16)21-22(28-17-11-12-19(25)20(26)13-17)24(32)29(23(21)31)18-5-3-2-4-6-18/h2-13,28H,1H3,(H,27,30). The van der Waals surface area contributed by atoms with Crippen LogP contribution >= 0.6 is 0 Å². The van der Waals surface area contributed by atoms with Crippen molar-refractivity contribution in [3.8, 4) is 0 Å². The molecule has 160 valence electrons. The lowest BCUT2D eigenvalue weighted by Gasteiger charge is -2.15. The molecule has 8 heteroatoms. The molecule has 6 nitrogen and oxygen atoms in total. The average Bonchev–Trinajstić information content (AvgIpc) is 3.01. The van der Waals surface area contributed by atoms with Crippen molar-refractivity contribution < 1.29 is 23.2 Å². The van der Waals surface area contributed by atoms with Crippen molar-refractivity contribution in [3.63, 3.8) is 0 Å². The fraction of sp³-hybridized carbons (Fsp3) is 0.0417. The minimum atomic E-state index is -1.09. The summed E-state index contributed by atoms with van der Waals surface area (Å²) in [4.78, 5) is 38.8. The Balaban J connectivity index is 1.79. The molecular weight excluding hydrogens is 416 g/mol. The van der Waals surface area contributed by atoms with Crippen LogP contribution < -0.4 is 15.5 Å². The summed E-state index contributed by atoms with van der Waals surface area (Å²) in [5.41, 5.74) is 1.42. The molecule has 1 aliphatic rings. The Morgan fingerprint density at radius 1 is 0.812 bits per heavy atom. The first-order valence-corrected chi connectivity index (χ1v) is 9.63. The second-order valence-corrected chi connectivity index (χ2v) is 7.04. The second kappa shape index (κ2) is 8.43. The Morgan fingerprint density at radius 2 is 1.47 bits per heavy atom. The van der Waals surface area contributed by atoms with Gasteiger partial charge in [0.05, 0.1) is 11.3 Å². The summed E-state index contributed by atoms with van der Waals surface area (Å²) in [5, 5.41) is 5.41. The molecule has 0 aromatic heterocycles. The fourth-order valence-corrected chi connectivity index (χ4v) is 3.37. The number of carbonyl (C=O) groups is 3. The highest BCUT2D eigenvalue weighted by molar-refractivity contribution is 6.46. The number of hydrogen-bond donors (Lipinski definition) is 2. The number of amides is 3. The van der Waals surface area contributed by atoms with E-state index in [2.05, 4.69) is 10.6 Å². The lowest BCUT2D eigenvalue weighted by Crippen LogP contribution is -2.32. The summed E-state index contributed by atoms with van der Waals surface area (Å²) in [5.74, 6) is -3.57. The lowest BCUT2D eigenvalue weighted by molar-refractivity contribution is -0.120. The van der Waals surface area contributed by atoms with Gasteiger partial charge in [-0.15, -0.1) is 0 Å². The minimum Gasteiger partial charge on any atom is -0.350 e. The van der Waals surface area contributed by atoms with Gasteiger partial charge in [0.2, 0.25) is 5.91 Å². The van der Waals surface area contributed by atoms with Crippen LogP contribution in [0.15, 0.2) is 78.5 Å². The van der Waals surface area contributed by atoms with Crippen molar-refractivity contribution in [2.24, 2.45) is 0 Å². The molecule has 3 aromatic carbocycles. The first-order valence-electron chi connectivity index (χ1n) is 9.63. The van der Waals surface area contributed by atoms with Gasteiger partial charge in [0, 0.05) is 24.4 Å². The zero-order valence-corrected chi connectivity index (χ0v) is 16.9. The molecule has 0 radical (unpaired) electrons. The van der Waals surface area contributed by atoms with Crippen LogP contribution in [0.5, 0.6) is 0 Å². The van der Waals surface area contributed by atoms with Crippen LogP contribution in [0, 0.1) is 11.6 Å². The molecule has 4 rings (SSSR count). The fourth-order valence-electron chi connectivity index (χ4n) is 3.37. The summed E-state index contributed by atoms with van der Waals surface area (Å²) < 4.78 is 27.0. The highest BCUT2D eigenvalue weighted by Gasteiger charge is 2.40. The number of para-hydroxylation sites is 1. The van der Waals surface area contributed by atoms with Crippen LogP contribution in [0.25, 0.3) is 5.57 Å². The zero-order chi connectivity index (χ0) is 22.8. The maximum Gasteiger partial charge on any atom is 0.282 e. The van der Waals surface area contributed by atoms with Crippen LogP contribution in [0.1, 0.15) is 12.5 Å². The molecule has 0 fully saturated rings. The Hall–Kier alpha value is -4.33. The maximum atomic E-state index is 13.7. The Labute approximate surface area is 182 Å². The predicted octanol–water partition coefficient (Wildman–Crippen LogP) is 4.32. The Morgan fingerprint density at radius 3 is 2.09 bits per heavy atom. The topological polar surface area (TPSA) is 78.5 Å².